The zero-order valence-electron chi connectivity index (χ0n) is 19.1. The second-order valence-corrected chi connectivity index (χ2v) is 11.5. The summed E-state index contributed by atoms with van der Waals surface area (Å²) >= 11 is 0. The smallest absolute Gasteiger partial charge is 0.214 e. The molecule has 0 radical (unpaired) electrons. The van der Waals surface area contributed by atoms with E-state index in [9.17, 15) is 8.42 Å². The predicted octanol–water partition coefficient (Wildman–Crippen LogP) is 4.80. The van der Waals surface area contributed by atoms with E-state index in [0.29, 0.717) is 18.5 Å². The van der Waals surface area contributed by atoms with E-state index in [2.05, 4.69) is 30.0 Å². The van der Waals surface area contributed by atoms with Gasteiger partial charge in [-0.15, -0.1) is 12.4 Å². The summed E-state index contributed by atoms with van der Waals surface area (Å²) < 4.78 is 33.3. The van der Waals surface area contributed by atoms with Crippen LogP contribution >= 0.6 is 12.4 Å². The molecule has 0 unspecified atom stereocenters. The Balaban J connectivity index is 0.00000272. The average molecular weight is 471 g/mol. The van der Waals surface area contributed by atoms with Gasteiger partial charge < -0.3 is 4.74 Å². The molecule has 0 bridgehead atoms. The van der Waals surface area contributed by atoms with Gasteiger partial charge in [-0.25, -0.2) is 8.42 Å². The van der Waals surface area contributed by atoms with Gasteiger partial charge in [0.15, 0.2) is 0 Å². The second kappa shape index (κ2) is 10.9. The Morgan fingerprint density at radius 1 is 1.13 bits per heavy atom. The number of sulfonamides is 1. The standard InChI is InChI=1S/C24H38N2O3S.ClH/c1-3-5-6-7-15-29-21-10-11-22-19(16-21)12-14-25-18-20-9-8-13-26(30(27,28)4-2)23(20)17-24(22)25;/h10-11,16,20,23-24H,3-9,12-15,17-18H2,1-2H3;1H/t20-,23+,24+;/m1./s1. The van der Waals surface area contributed by atoms with E-state index in [0.717, 1.165) is 57.6 Å². The summed E-state index contributed by atoms with van der Waals surface area (Å²) in [6.45, 7) is 7.59. The van der Waals surface area contributed by atoms with Gasteiger partial charge in [0, 0.05) is 31.7 Å². The summed E-state index contributed by atoms with van der Waals surface area (Å²) in [6.07, 6.45) is 9.01. The number of hydrogen-bond acceptors (Lipinski definition) is 4. The Morgan fingerprint density at radius 3 is 2.74 bits per heavy atom. The lowest BCUT2D eigenvalue weighted by molar-refractivity contribution is 0.0220. The fourth-order valence-corrected chi connectivity index (χ4v) is 7.12. The number of fused-ring (bicyclic) bond motifs is 4. The molecule has 0 N–H and O–H groups in total. The van der Waals surface area contributed by atoms with E-state index in [1.54, 1.807) is 6.92 Å². The molecule has 1 aromatic rings. The van der Waals surface area contributed by atoms with Crippen LogP contribution in [-0.2, 0) is 16.4 Å². The average Bonchev–Trinajstić information content (AvgIpc) is 2.77. The summed E-state index contributed by atoms with van der Waals surface area (Å²) in [4.78, 5) is 2.61. The molecule has 0 amide bonds. The monoisotopic (exact) mass is 470 g/mol. The largest absolute Gasteiger partial charge is 0.494 e. The van der Waals surface area contributed by atoms with Gasteiger partial charge in [-0.05, 0) is 68.2 Å². The Hall–Kier alpha value is -0.820. The van der Waals surface area contributed by atoms with Crippen molar-refractivity contribution in [3.8, 4) is 5.75 Å². The Kier molecular flexibility index (Phi) is 8.70. The van der Waals surface area contributed by atoms with Crippen molar-refractivity contribution in [2.45, 2.75) is 77.3 Å². The molecular weight excluding hydrogens is 432 g/mol. The number of benzene rings is 1. The quantitative estimate of drug-likeness (QED) is 0.512. The van der Waals surface area contributed by atoms with Crippen LogP contribution in [0.15, 0.2) is 18.2 Å². The minimum atomic E-state index is -3.14. The summed E-state index contributed by atoms with van der Waals surface area (Å²) in [5, 5.41) is 0. The molecule has 2 fully saturated rings. The fourth-order valence-electron chi connectivity index (χ4n) is 5.71. The maximum atomic E-state index is 12.7. The number of halogens is 1. The van der Waals surface area contributed by atoms with Gasteiger partial charge in [-0.2, -0.15) is 4.31 Å². The normalized spacial score (nSPS) is 26.3. The molecule has 3 atom stereocenters. The molecule has 0 aromatic heterocycles. The first-order chi connectivity index (χ1) is 14.5. The molecule has 3 heterocycles. The van der Waals surface area contributed by atoms with Gasteiger partial charge in [0.05, 0.1) is 12.4 Å². The number of hydrogen-bond donors (Lipinski definition) is 0. The molecule has 176 valence electrons. The molecule has 7 heteroatoms. The number of unbranched alkanes of at least 4 members (excludes halogenated alkanes) is 3. The van der Waals surface area contributed by atoms with Crippen LogP contribution in [0.3, 0.4) is 0 Å². The molecular formula is C24H39ClN2O3S. The van der Waals surface area contributed by atoms with Gasteiger partial charge >= 0.3 is 0 Å². The van der Waals surface area contributed by atoms with E-state index < -0.39 is 10.0 Å². The SMILES string of the molecule is CCCCCCOc1ccc2c(c1)CCN1C[C@H]3CCCN(S(=O)(=O)CC)[C@H]3C[C@@H]21.Cl. The highest BCUT2D eigenvalue weighted by Gasteiger charge is 2.45. The molecule has 2 saturated heterocycles. The first kappa shape index (κ1) is 24.8. The number of piperidine rings is 2. The predicted molar refractivity (Wildman–Crippen MR) is 129 cm³/mol. The van der Waals surface area contributed by atoms with Crippen molar-refractivity contribution in [3.63, 3.8) is 0 Å². The maximum Gasteiger partial charge on any atom is 0.214 e. The minimum absolute atomic E-state index is 0. The summed E-state index contributed by atoms with van der Waals surface area (Å²) in [5.41, 5.74) is 2.78. The minimum Gasteiger partial charge on any atom is -0.494 e. The van der Waals surface area contributed by atoms with Gasteiger partial charge in [0.1, 0.15) is 5.75 Å². The van der Waals surface area contributed by atoms with Crippen LogP contribution in [-0.4, -0.2) is 55.7 Å². The highest BCUT2D eigenvalue weighted by Crippen LogP contribution is 2.44. The molecule has 5 nitrogen and oxygen atoms in total. The van der Waals surface area contributed by atoms with Crippen LogP contribution in [0.1, 0.15) is 76.0 Å². The number of nitrogens with zero attached hydrogens (tertiary/aromatic N) is 2. The highest BCUT2D eigenvalue weighted by molar-refractivity contribution is 7.89. The zero-order chi connectivity index (χ0) is 21.1. The van der Waals surface area contributed by atoms with E-state index >= 15 is 0 Å². The van der Waals surface area contributed by atoms with Crippen LogP contribution < -0.4 is 4.74 Å². The first-order valence-electron chi connectivity index (χ1n) is 12.0. The molecule has 0 spiro atoms. The lowest BCUT2D eigenvalue weighted by Gasteiger charge is -2.51. The van der Waals surface area contributed by atoms with Crippen LogP contribution in [0.4, 0.5) is 0 Å². The van der Waals surface area contributed by atoms with E-state index in [-0.39, 0.29) is 24.2 Å². The van der Waals surface area contributed by atoms with Crippen molar-refractivity contribution in [1.82, 2.24) is 9.21 Å². The lowest BCUT2D eigenvalue weighted by atomic mass is 9.77. The fraction of sp³-hybridized carbons (Fsp3) is 0.750. The van der Waals surface area contributed by atoms with Gasteiger partial charge in [-0.3, -0.25) is 4.90 Å². The summed E-state index contributed by atoms with van der Waals surface area (Å²) in [7, 11) is -3.14. The second-order valence-electron chi connectivity index (χ2n) is 9.25. The number of rotatable bonds is 8. The molecule has 3 aliphatic rings. The highest BCUT2D eigenvalue weighted by atomic mass is 35.5. The molecule has 0 saturated carbocycles. The van der Waals surface area contributed by atoms with Crippen LogP contribution in [0.5, 0.6) is 5.75 Å². The van der Waals surface area contributed by atoms with Crippen molar-refractivity contribution < 1.29 is 13.2 Å². The number of ether oxygens (including phenoxy) is 1. The molecule has 0 aliphatic carbocycles. The first-order valence-corrected chi connectivity index (χ1v) is 13.6. The van der Waals surface area contributed by atoms with Crippen molar-refractivity contribution in [2.24, 2.45) is 5.92 Å². The van der Waals surface area contributed by atoms with E-state index in [4.69, 9.17) is 4.74 Å². The Bertz CT molecular complexity index is 832. The molecule has 4 rings (SSSR count). The Labute approximate surface area is 195 Å². The van der Waals surface area contributed by atoms with Crippen LogP contribution in [0.2, 0.25) is 0 Å². The van der Waals surface area contributed by atoms with Crippen molar-refractivity contribution in [2.75, 3.05) is 32.0 Å². The van der Waals surface area contributed by atoms with Crippen molar-refractivity contribution in [1.29, 1.82) is 0 Å². The molecule has 31 heavy (non-hydrogen) atoms. The van der Waals surface area contributed by atoms with Crippen LogP contribution in [0, 0.1) is 5.92 Å². The van der Waals surface area contributed by atoms with Gasteiger partial charge in [0.2, 0.25) is 10.0 Å². The molecule has 3 aliphatic heterocycles. The maximum absolute atomic E-state index is 12.7. The van der Waals surface area contributed by atoms with E-state index in [1.165, 1.54) is 30.4 Å². The third-order valence-corrected chi connectivity index (χ3v) is 9.27. The van der Waals surface area contributed by atoms with Crippen molar-refractivity contribution in [3.05, 3.63) is 29.3 Å². The summed E-state index contributed by atoms with van der Waals surface area (Å²) in [6, 6.07) is 7.09. The van der Waals surface area contributed by atoms with Crippen LogP contribution in [0.25, 0.3) is 0 Å². The van der Waals surface area contributed by atoms with Crippen molar-refractivity contribution >= 4 is 22.4 Å². The third-order valence-electron chi connectivity index (χ3n) is 7.37. The Morgan fingerprint density at radius 2 is 1.97 bits per heavy atom. The topological polar surface area (TPSA) is 49.9 Å². The molecule has 1 aromatic carbocycles. The van der Waals surface area contributed by atoms with Gasteiger partial charge in [-0.1, -0.05) is 32.3 Å². The van der Waals surface area contributed by atoms with Gasteiger partial charge in [0.25, 0.3) is 0 Å². The third kappa shape index (κ3) is 5.40. The zero-order valence-corrected chi connectivity index (χ0v) is 20.7. The lowest BCUT2D eigenvalue weighted by Crippen LogP contribution is -2.57. The van der Waals surface area contributed by atoms with E-state index in [1.807, 2.05) is 4.31 Å². The summed E-state index contributed by atoms with van der Waals surface area (Å²) in [5.74, 6) is 1.67.